The lowest BCUT2D eigenvalue weighted by Crippen LogP contribution is -2.18. The molecule has 0 aliphatic heterocycles. The Morgan fingerprint density at radius 2 is 1.88 bits per heavy atom. The molecule has 0 atom stereocenters. The van der Waals surface area contributed by atoms with E-state index in [1.165, 1.54) is 31.3 Å². The van der Waals surface area contributed by atoms with Gasteiger partial charge in [0.1, 0.15) is 0 Å². The Balaban J connectivity index is 2.92. The lowest BCUT2D eigenvalue weighted by Gasteiger charge is -2.04. The highest BCUT2D eigenvalue weighted by molar-refractivity contribution is 7.89. The fourth-order valence-corrected chi connectivity index (χ4v) is 1.76. The number of nitrogens with one attached hydrogen (secondary N) is 2. The second kappa shape index (κ2) is 4.91. The number of rotatable bonds is 4. The third-order valence-electron chi connectivity index (χ3n) is 1.89. The third kappa shape index (κ3) is 2.91. The molecule has 1 aromatic carbocycles. The number of anilines is 1. The highest BCUT2D eigenvalue weighted by Gasteiger charge is 2.10. The van der Waals surface area contributed by atoms with Crippen LogP contribution in [0.5, 0.6) is 0 Å². The first-order chi connectivity index (χ1) is 7.49. The largest absolute Gasteiger partial charge is 0.323 e. The minimum absolute atomic E-state index is 0.145. The molecule has 6 heteroatoms. The van der Waals surface area contributed by atoms with Crippen LogP contribution in [-0.4, -0.2) is 21.4 Å². The van der Waals surface area contributed by atoms with Crippen molar-refractivity contribution in [2.24, 2.45) is 0 Å². The van der Waals surface area contributed by atoms with Crippen molar-refractivity contribution in [3.8, 4) is 0 Å². The maximum Gasteiger partial charge on any atom is 0.247 e. The van der Waals surface area contributed by atoms with E-state index in [9.17, 15) is 13.2 Å². The third-order valence-corrected chi connectivity index (χ3v) is 3.32. The van der Waals surface area contributed by atoms with Gasteiger partial charge in [-0.15, -0.1) is 0 Å². The van der Waals surface area contributed by atoms with Crippen molar-refractivity contribution < 1.29 is 13.2 Å². The van der Waals surface area contributed by atoms with Crippen LogP contribution in [0.4, 0.5) is 5.69 Å². The molecule has 16 heavy (non-hydrogen) atoms. The van der Waals surface area contributed by atoms with E-state index in [0.717, 1.165) is 6.08 Å². The summed E-state index contributed by atoms with van der Waals surface area (Å²) < 4.78 is 24.9. The summed E-state index contributed by atoms with van der Waals surface area (Å²) in [4.78, 5) is 11.1. The van der Waals surface area contributed by atoms with Crippen molar-refractivity contribution in [1.82, 2.24) is 4.72 Å². The standard InChI is InChI=1S/C10H12N2O3S/c1-3-10(13)12-8-4-6-9(7-5-8)16(14,15)11-2/h3-7,11H,1H2,2H3,(H,12,13). The fraction of sp³-hybridized carbons (Fsp3) is 0.100. The van der Waals surface area contributed by atoms with Crippen LogP contribution in [0.3, 0.4) is 0 Å². The van der Waals surface area contributed by atoms with E-state index in [1.54, 1.807) is 0 Å². The summed E-state index contributed by atoms with van der Waals surface area (Å²) >= 11 is 0. The van der Waals surface area contributed by atoms with Crippen LogP contribution in [0, 0.1) is 0 Å². The number of amides is 1. The van der Waals surface area contributed by atoms with Crippen LogP contribution >= 0.6 is 0 Å². The summed E-state index contributed by atoms with van der Waals surface area (Å²) in [6.45, 7) is 3.31. The lowest BCUT2D eigenvalue weighted by molar-refractivity contribution is -0.111. The van der Waals surface area contributed by atoms with Crippen LogP contribution in [-0.2, 0) is 14.8 Å². The number of carbonyl (C=O) groups excluding carboxylic acids is 1. The molecule has 0 radical (unpaired) electrons. The van der Waals surface area contributed by atoms with Gasteiger partial charge in [-0.3, -0.25) is 4.79 Å². The van der Waals surface area contributed by atoms with Gasteiger partial charge in [0.15, 0.2) is 0 Å². The van der Waals surface area contributed by atoms with Crippen molar-refractivity contribution in [3.63, 3.8) is 0 Å². The minimum atomic E-state index is -3.43. The van der Waals surface area contributed by atoms with Crippen molar-refractivity contribution >= 4 is 21.6 Å². The first-order valence-electron chi connectivity index (χ1n) is 4.46. The number of carbonyl (C=O) groups is 1. The number of hydrogen-bond acceptors (Lipinski definition) is 3. The van der Waals surface area contributed by atoms with Gasteiger partial charge in [-0.1, -0.05) is 6.58 Å². The predicted octanol–water partition coefficient (Wildman–Crippen LogP) is 0.719. The minimum Gasteiger partial charge on any atom is -0.323 e. The molecule has 1 rings (SSSR count). The van der Waals surface area contributed by atoms with Gasteiger partial charge in [-0.25, -0.2) is 13.1 Å². The second-order valence-electron chi connectivity index (χ2n) is 2.93. The van der Waals surface area contributed by atoms with E-state index in [1.807, 2.05) is 0 Å². The summed E-state index contributed by atoms with van der Waals surface area (Å²) in [5.41, 5.74) is 0.514. The highest BCUT2D eigenvalue weighted by Crippen LogP contribution is 2.13. The molecule has 0 spiro atoms. The molecular formula is C10H12N2O3S. The lowest BCUT2D eigenvalue weighted by atomic mass is 10.3. The first kappa shape index (κ1) is 12.4. The van der Waals surface area contributed by atoms with E-state index in [4.69, 9.17) is 0 Å². The van der Waals surface area contributed by atoms with Crippen LogP contribution in [0.25, 0.3) is 0 Å². The van der Waals surface area contributed by atoms with Crippen LogP contribution in [0.1, 0.15) is 0 Å². The van der Waals surface area contributed by atoms with E-state index < -0.39 is 10.0 Å². The Kier molecular flexibility index (Phi) is 3.81. The molecule has 86 valence electrons. The van der Waals surface area contributed by atoms with Crippen LogP contribution in [0.2, 0.25) is 0 Å². The molecule has 1 aromatic rings. The summed E-state index contributed by atoms with van der Waals surface area (Å²) in [6, 6.07) is 5.83. The van der Waals surface area contributed by atoms with Gasteiger partial charge in [0.25, 0.3) is 0 Å². The van der Waals surface area contributed by atoms with Crippen molar-refractivity contribution in [2.45, 2.75) is 4.90 Å². The van der Waals surface area contributed by atoms with E-state index in [-0.39, 0.29) is 10.8 Å². The average Bonchev–Trinajstić information content (AvgIpc) is 2.29. The molecule has 0 aliphatic carbocycles. The van der Waals surface area contributed by atoms with Gasteiger partial charge in [0.05, 0.1) is 4.90 Å². The highest BCUT2D eigenvalue weighted by atomic mass is 32.2. The quantitative estimate of drug-likeness (QED) is 0.761. The molecule has 0 fully saturated rings. The molecule has 0 aromatic heterocycles. The predicted molar refractivity (Wildman–Crippen MR) is 61.5 cm³/mol. The molecule has 0 saturated carbocycles. The Morgan fingerprint density at radius 3 is 2.31 bits per heavy atom. The summed E-state index contributed by atoms with van der Waals surface area (Å²) in [6.07, 6.45) is 1.14. The Morgan fingerprint density at radius 1 is 1.31 bits per heavy atom. The zero-order valence-electron chi connectivity index (χ0n) is 8.73. The number of hydrogen-bond donors (Lipinski definition) is 2. The monoisotopic (exact) mass is 240 g/mol. The second-order valence-corrected chi connectivity index (χ2v) is 4.81. The summed E-state index contributed by atoms with van der Waals surface area (Å²) in [5, 5.41) is 2.52. The van der Waals surface area contributed by atoms with Crippen LogP contribution in [0.15, 0.2) is 41.8 Å². The van der Waals surface area contributed by atoms with E-state index in [0.29, 0.717) is 5.69 Å². The maximum atomic E-state index is 11.4. The fourth-order valence-electron chi connectivity index (χ4n) is 1.03. The summed E-state index contributed by atoms with van der Waals surface area (Å²) in [5.74, 6) is -0.343. The van der Waals surface area contributed by atoms with E-state index in [2.05, 4.69) is 16.6 Å². The van der Waals surface area contributed by atoms with Gasteiger partial charge in [0.2, 0.25) is 15.9 Å². The topological polar surface area (TPSA) is 75.3 Å². The van der Waals surface area contributed by atoms with Gasteiger partial charge < -0.3 is 5.32 Å². The Bertz CT molecular complexity index is 491. The van der Waals surface area contributed by atoms with Crippen LogP contribution < -0.4 is 10.0 Å². The zero-order chi connectivity index (χ0) is 12.2. The molecule has 0 bridgehead atoms. The molecule has 5 nitrogen and oxygen atoms in total. The first-order valence-corrected chi connectivity index (χ1v) is 5.95. The van der Waals surface area contributed by atoms with Crippen molar-refractivity contribution in [2.75, 3.05) is 12.4 Å². The van der Waals surface area contributed by atoms with Gasteiger partial charge in [-0.05, 0) is 37.4 Å². The van der Waals surface area contributed by atoms with Gasteiger partial charge >= 0.3 is 0 Å². The zero-order valence-corrected chi connectivity index (χ0v) is 9.54. The maximum absolute atomic E-state index is 11.4. The molecule has 1 amide bonds. The smallest absolute Gasteiger partial charge is 0.247 e. The normalized spacial score (nSPS) is 10.8. The molecule has 0 unspecified atom stereocenters. The Hall–Kier alpha value is -1.66. The average molecular weight is 240 g/mol. The number of benzene rings is 1. The number of sulfonamides is 1. The molecule has 0 aliphatic rings. The van der Waals surface area contributed by atoms with Gasteiger partial charge in [-0.2, -0.15) is 0 Å². The molecular weight excluding hydrogens is 228 g/mol. The molecule has 0 saturated heterocycles. The summed E-state index contributed by atoms with van der Waals surface area (Å²) in [7, 11) is -2.10. The van der Waals surface area contributed by atoms with Crippen molar-refractivity contribution in [3.05, 3.63) is 36.9 Å². The Labute approximate surface area is 94.2 Å². The SMILES string of the molecule is C=CC(=O)Nc1ccc(S(=O)(=O)NC)cc1. The van der Waals surface area contributed by atoms with Gasteiger partial charge in [0, 0.05) is 5.69 Å². The molecule has 2 N–H and O–H groups in total. The van der Waals surface area contributed by atoms with Crippen molar-refractivity contribution in [1.29, 1.82) is 0 Å². The molecule has 0 heterocycles. The van der Waals surface area contributed by atoms with E-state index >= 15 is 0 Å².